The molecule has 0 atom stereocenters. The van der Waals surface area contributed by atoms with Crippen LogP contribution in [-0.4, -0.2) is 0 Å². The zero-order valence-electron chi connectivity index (χ0n) is 34.9. The first-order chi connectivity index (χ1) is 26.7. The van der Waals surface area contributed by atoms with Crippen LogP contribution in [0, 0.1) is 0 Å². The molecule has 0 spiro atoms. The van der Waals surface area contributed by atoms with E-state index in [-0.39, 0.29) is 10.8 Å². The van der Waals surface area contributed by atoms with E-state index in [1.165, 1.54) is 65.9 Å². The lowest BCUT2D eigenvalue weighted by Crippen LogP contribution is -2.14. The van der Waals surface area contributed by atoms with E-state index in [1.54, 1.807) is 0 Å². The Morgan fingerprint density at radius 2 is 0.768 bits per heavy atom. The quantitative estimate of drug-likeness (QED) is 0.144. The Hall–Kier alpha value is -5.60. The summed E-state index contributed by atoms with van der Waals surface area (Å²) in [5.74, 6) is 0.936. The maximum absolute atomic E-state index is 2.46. The van der Waals surface area contributed by atoms with E-state index in [1.807, 2.05) is 0 Å². The van der Waals surface area contributed by atoms with Crippen LogP contribution in [0.4, 0.5) is 34.1 Å². The van der Waals surface area contributed by atoms with Crippen LogP contribution in [0.5, 0.6) is 0 Å². The van der Waals surface area contributed by atoms with Gasteiger partial charge in [-0.2, -0.15) is 0 Å². The molecule has 0 aliphatic rings. The molecule has 282 valence electrons. The summed E-state index contributed by atoms with van der Waals surface area (Å²) in [5.41, 5.74) is 12.5. The molecule has 56 heavy (non-hydrogen) atoms. The van der Waals surface area contributed by atoms with Crippen molar-refractivity contribution in [1.29, 1.82) is 0 Å². The lowest BCUT2D eigenvalue weighted by Gasteiger charge is -2.31. The van der Waals surface area contributed by atoms with Crippen molar-refractivity contribution in [3.63, 3.8) is 0 Å². The molecule has 0 fully saturated rings. The number of benzene rings is 8. The average Bonchev–Trinajstić information content (AvgIpc) is 3.18. The fourth-order valence-electron chi connectivity index (χ4n) is 8.27. The van der Waals surface area contributed by atoms with Crippen molar-refractivity contribution in [2.75, 3.05) is 9.80 Å². The first-order valence-electron chi connectivity index (χ1n) is 20.4. The highest BCUT2D eigenvalue weighted by atomic mass is 15.1. The summed E-state index contributed by atoms with van der Waals surface area (Å²) in [5, 5.41) is 7.57. The van der Waals surface area contributed by atoms with Crippen molar-refractivity contribution < 1.29 is 0 Å². The van der Waals surface area contributed by atoms with Crippen molar-refractivity contribution in [3.05, 3.63) is 168 Å². The van der Waals surface area contributed by atoms with Crippen LogP contribution in [-0.2, 0) is 10.8 Å². The molecule has 2 heteroatoms. The summed E-state index contributed by atoms with van der Waals surface area (Å²) in [6.07, 6.45) is 0. The van der Waals surface area contributed by atoms with Crippen LogP contribution in [0.3, 0.4) is 0 Å². The SMILES string of the molecule is CC(C)c1ccc(N(c2ccc(C(C)(C)C)cc2)c2cc3ccc(N(c4ccc(C(C)C)cc4)c4ccc(C(C)(C)C)cc4)c4ccc5cccc2c5c34)cc1. The standard InChI is InChI=1S/C54H56N2/c1-35(2)37-14-24-43(25-15-37)55(45-28-20-41(21-29-45)53(5,6)7)49-33-19-40-34-50(47-13-11-12-39-18-32-48(49)52(40)51(39)47)56(44-26-16-38(17-27-44)36(3)4)46-30-22-42(23-31-46)54(8,9)10/h11-36H,1-10H3. The van der Waals surface area contributed by atoms with Crippen molar-refractivity contribution in [2.24, 2.45) is 0 Å². The Morgan fingerprint density at radius 1 is 0.375 bits per heavy atom. The summed E-state index contributed by atoms with van der Waals surface area (Å²) < 4.78 is 0. The molecule has 8 rings (SSSR count). The first kappa shape index (κ1) is 37.3. The molecule has 0 bridgehead atoms. The molecule has 8 aromatic rings. The van der Waals surface area contributed by atoms with Gasteiger partial charge in [-0.3, -0.25) is 0 Å². The minimum Gasteiger partial charge on any atom is -0.310 e. The van der Waals surface area contributed by atoms with Crippen LogP contribution >= 0.6 is 0 Å². The predicted molar refractivity (Wildman–Crippen MR) is 245 cm³/mol. The number of hydrogen-bond donors (Lipinski definition) is 0. The summed E-state index contributed by atoms with van der Waals surface area (Å²) in [6, 6.07) is 55.2. The van der Waals surface area contributed by atoms with Gasteiger partial charge in [0.05, 0.1) is 11.4 Å². The molecule has 0 heterocycles. The fraction of sp³-hybridized carbons (Fsp3) is 0.259. The molecule has 0 N–H and O–H groups in total. The zero-order chi connectivity index (χ0) is 39.5. The highest BCUT2D eigenvalue weighted by Gasteiger charge is 2.24. The van der Waals surface area contributed by atoms with E-state index in [0.29, 0.717) is 11.8 Å². The third-order valence-corrected chi connectivity index (χ3v) is 11.7. The van der Waals surface area contributed by atoms with Gasteiger partial charge in [-0.15, -0.1) is 0 Å². The zero-order valence-corrected chi connectivity index (χ0v) is 34.9. The molecule has 0 aliphatic carbocycles. The number of nitrogens with zero attached hydrogens (tertiary/aromatic N) is 2. The Morgan fingerprint density at radius 3 is 1.21 bits per heavy atom. The molecule has 0 radical (unpaired) electrons. The van der Waals surface area contributed by atoms with Crippen LogP contribution in [0.15, 0.2) is 146 Å². The van der Waals surface area contributed by atoms with Crippen molar-refractivity contribution in [3.8, 4) is 0 Å². The van der Waals surface area contributed by atoms with E-state index in [4.69, 9.17) is 0 Å². The number of hydrogen-bond acceptors (Lipinski definition) is 2. The molecular formula is C54H56N2. The topological polar surface area (TPSA) is 6.48 Å². The Labute approximate surface area is 334 Å². The summed E-state index contributed by atoms with van der Waals surface area (Å²) >= 11 is 0. The Bertz CT molecular complexity index is 2610. The second kappa shape index (κ2) is 14.2. The van der Waals surface area contributed by atoms with Gasteiger partial charge < -0.3 is 9.80 Å². The molecule has 0 saturated heterocycles. The van der Waals surface area contributed by atoms with E-state index < -0.39 is 0 Å². The molecule has 0 saturated carbocycles. The van der Waals surface area contributed by atoms with Gasteiger partial charge in [-0.05, 0) is 127 Å². The normalized spacial score (nSPS) is 12.4. The second-order valence-electron chi connectivity index (χ2n) is 18.4. The average molecular weight is 733 g/mol. The highest BCUT2D eigenvalue weighted by Crippen LogP contribution is 2.49. The smallest absolute Gasteiger partial charge is 0.0546 e. The lowest BCUT2D eigenvalue weighted by atomic mass is 9.87. The van der Waals surface area contributed by atoms with E-state index in [0.717, 1.165) is 22.7 Å². The second-order valence-corrected chi connectivity index (χ2v) is 18.4. The molecule has 8 aromatic carbocycles. The van der Waals surface area contributed by atoms with Crippen LogP contribution in [0.2, 0.25) is 0 Å². The molecule has 0 aliphatic heterocycles. The third kappa shape index (κ3) is 6.81. The van der Waals surface area contributed by atoms with Gasteiger partial charge in [-0.1, -0.05) is 154 Å². The van der Waals surface area contributed by atoms with Crippen molar-refractivity contribution >= 4 is 66.4 Å². The fourth-order valence-corrected chi connectivity index (χ4v) is 8.27. The number of anilines is 6. The maximum atomic E-state index is 2.46. The molecule has 0 aromatic heterocycles. The van der Waals surface area contributed by atoms with E-state index in [2.05, 4.69) is 225 Å². The lowest BCUT2D eigenvalue weighted by molar-refractivity contribution is 0.590. The van der Waals surface area contributed by atoms with Gasteiger partial charge in [0, 0.05) is 33.5 Å². The minimum atomic E-state index is 0.0727. The minimum absolute atomic E-state index is 0.0727. The third-order valence-electron chi connectivity index (χ3n) is 11.7. The Kier molecular flexibility index (Phi) is 9.44. The van der Waals surface area contributed by atoms with E-state index in [9.17, 15) is 0 Å². The summed E-state index contributed by atoms with van der Waals surface area (Å²) in [4.78, 5) is 4.91. The van der Waals surface area contributed by atoms with Crippen molar-refractivity contribution in [1.82, 2.24) is 0 Å². The molecule has 0 unspecified atom stereocenters. The van der Waals surface area contributed by atoms with Gasteiger partial charge in [0.2, 0.25) is 0 Å². The highest BCUT2D eigenvalue weighted by molar-refractivity contribution is 6.29. The van der Waals surface area contributed by atoms with Gasteiger partial charge in [-0.25, -0.2) is 0 Å². The molecular weight excluding hydrogens is 677 g/mol. The summed E-state index contributed by atoms with van der Waals surface area (Å²) in [6.45, 7) is 22.7. The van der Waals surface area contributed by atoms with Crippen molar-refractivity contribution in [2.45, 2.75) is 91.9 Å². The van der Waals surface area contributed by atoms with E-state index >= 15 is 0 Å². The van der Waals surface area contributed by atoms with Crippen LogP contribution in [0.25, 0.3) is 32.3 Å². The van der Waals surface area contributed by atoms with Gasteiger partial charge in [0.25, 0.3) is 0 Å². The van der Waals surface area contributed by atoms with Gasteiger partial charge >= 0.3 is 0 Å². The Balaban J connectivity index is 1.36. The molecule has 0 amide bonds. The first-order valence-corrected chi connectivity index (χ1v) is 20.4. The van der Waals surface area contributed by atoms with Gasteiger partial charge in [0.15, 0.2) is 0 Å². The predicted octanol–water partition coefficient (Wildman–Crippen LogP) is 16.4. The summed E-state index contributed by atoms with van der Waals surface area (Å²) in [7, 11) is 0. The maximum Gasteiger partial charge on any atom is 0.0546 e. The monoisotopic (exact) mass is 732 g/mol. The van der Waals surface area contributed by atoms with Crippen LogP contribution < -0.4 is 9.80 Å². The van der Waals surface area contributed by atoms with Gasteiger partial charge in [0.1, 0.15) is 0 Å². The largest absolute Gasteiger partial charge is 0.310 e. The number of rotatable bonds is 8. The van der Waals surface area contributed by atoms with Crippen LogP contribution in [0.1, 0.15) is 103 Å². The molecule has 2 nitrogen and oxygen atoms in total.